The molecule has 0 bridgehead atoms. The van der Waals surface area contributed by atoms with Crippen molar-refractivity contribution in [2.75, 3.05) is 12.1 Å². The molecule has 0 saturated carbocycles. The number of fused-ring (bicyclic) bond motifs is 2. The van der Waals surface area contributed by atoms with E-state index in [1.54, 1.807) is 18.2 Å². The van der Waals surface area contributed by atoms with Crippen LogP contribution in [0, 0.1) is 0 Å². The molecule has 9 heteroatoms. The first-order chi connectivity index (χ1) is 13.5. The van der Waals surface area contributed by atoms with Crippen LogP contribution in [0.3, 0.4) is 0 Å². The minimum absolute atomic E-state index is 0.112. The van der Waals surface area contributed by atoms with Crippen molar-refractivity contribution in [3.05, 3.63) is 47.8 Å². The number of guanidine groups is 1. The molecule has 1 aliphatic rings. The van der Waals surface area contributed by atoms with E-state index < -0.39 is 0 Å². The van der Waals surface area contributed by atoms with Crippen molar-refractivity contribution < 1.29 is 14.3 Å². The maximum Gasteiger partial charge on any atom is 0.231 e. The topological polar surface area (TPSA) is 138 Å². The molecule has 0 radical (unpaired) electrons. The van der Waals surface area contributed by atoms with Gasteiger partial charge in [0.25, 0.3) is 0 Å². The Balaban J connectivity index is 1.74. The monoisotopic (exact) mass is 378 g/mol. The predicted octanol–water partition coefficient (Wildman–Crippen LogP) is 1.81. The number of ether oxygens (including phenoxy) is 2. The Kier molecular flexibility index (Phi) is 4.40. The number of hydrogen-bond acceptors (Lipinski definition) is 6. The second kappa shape index (κ2) is 7.03. The molecule has 2 heterocycles. The van der Waals surface area contributed by atoms with E-state index in [0.29, 0.717) is 40.4 Å². The van der Waals surface area contributed by atoms with Gasteiger partial charge in [-0.1, -0.05) is 6.07 Å². The van der Waals surface area contributed by atoms with Crippen molar-refractivity contribution in [1.29, 1.82) is 0 Å². The Labute approximate surface area is 160 Å². The predicted molar refractivity (Wildman–Crippen MR) is 105 cm³/mol. The second-order valence-corrected chi connectivity index (χ2v) is 6.28. The summed E-state index contributed by atoms with van der Waals surface area (Å²) < 4.78 is 10.7. The van der Waals surface area contributed by atoms with Crippen LogP contribution in [0.5, 0.6) is 11.5 Å². The molecule has 142 valence electrons. The van der Waals surface area contributed by atoms with Crippen molar-refractivity contribution in [1.82, 2.24) is 9.97 Å². The third kappa shape index (κ3) is 3.63. The minimum Gasteiger partial charge on any atom is -0.454 e. The fourth-order valence-electron chi connectivity index (χ4n) is 2.96. The van der Waals surface area contributed by atoms with Gasteiger partial charge in [0.05, 0.1) is 5.52 Å². The van der Waals surface area contributed by atoms with Crippen LogP contribution in [0.25, 0.3) is 10.9 Å². The maximum atomic E-state index is 11.3. The van der Waals surface area contributed by atoms with Gasteiger partial charge in [-0.3, -0.25) is 4.79 Å². The normalized spacial score (nSPS) is 12.0. The molecular formula is C19H18N6O3. The molecule has 0 aliphatic carbocycles. The van der Waals surface area contributed by atoms with Gasteiger partial charge in [-0.05, 0) is 35.9 Å². The molecule has 0 spiro atoms. The van der Waals surface area contributed by atoms with E-state index in [1.807, 2.05) is 18.2 Å². The fraction of sp³-hybridized carbons (Fsp3) is 0.158. The van der Waals surface area contributed by atoms with Gasteiger partial charge >= 0.3 is 0 Å². The lowest BCUT2D eigenvalue weighted by Crippen LogP contribution is -2.22. The summed E-state index contributed by atoms with van der Waals surface area (Å²) in [7, 11) is 0. The van der Waals surface area contributed by atoms with Crippen molar-refractivity contribution in [2.24, 2.45) is 16.5 Å². The largest absolute Gasteiger partial charge is 0.454 e. The smallest absolute Gasteiger partial charge is 0.231 e. The van der Waals surface area contributed by atoms with E-state index in [1.165, 1.54) is 6.92 Å². The van der Waals surface area contributed by atoms with E-state index in [-0.39, 0.29) is 18.7 Å². The summed E-state index contributed by atoms with van der Waals surface area (Å²) in [4.78, 5) is 24.6. The van der Waals surface area contributed by atoms with Gasteiger partial charge in [-0.25, -0.2) is 9.97 Å². The average Bonchev–Trinajstić information content (AvgIpc) is 3.09. The van der Waals surface area contributed by atoms with Gasteiger partial charge in [0.1, 0.15) is 5.82 Å². The van der Waals surface area contributed by atoms with Crippen LogP contribution >= 0.6 is 0 Å². The molecular weight excluding hydrogens is 360 g/mol. The van der Waals surface area contributed by atoms with Gasteiger partial charge in [0.15, 0.2) is 23.3 Å². The van der Waals surface area contributed by atoms with Crippen LogP contribution in [0.1, 0.15) is 18.3 Å². The van der Waals surface area contributed by atoms with Crippen LogP contribution in [0.4, 0.5) is 11.5 Å². The van der Waals surface area contributed by atoms with Crippen LogP contribution in [0.2, 0.25) is 0 Å². The van der Waals surface area contributed by atoms with Gasteiger partial charge in [0, 0.05) is 24.4 Å². The first-order valence-corrected chi connectivity index (χ1v) is 8.54. The summed E-state index contributed by atoms with van der Waals surface area (Å²) in [6.45, 7) is 1.66. The van der Waals surface area contributed by atoms with Crippen molar-refractivity contribution in [3.63, 3.8) is 0 Å². The third-order valence-corrected chi connectivity index (χ3v) is 4.08. The van der Waals surface area contributed by atoms with Gasteiger partial charge < -0.3 is 26.3 Å². The Morgan fingerprint density at radius 1 is 1.14 bits per heavy atom. The highest BCUT2D eigenvalue weighted by atomic mass is 16.7. The average molecular weight is 378 g/mol. The van der Waals surface area contributed by atoms with E-state index in [9.17, 15) is 4.79 Å². The van der Waals surface area contributed by atoms with E-state index >= 15 is 0 Å². The number of anilines is 1. The molecule has 2 aromatic carbocycles. The highest BCUT2D eigenvalue weighted by Crippen LogP contribution is 2.33. The van der Waals surface area contributed by atoms with E-state index in [4.69, 9.17) is 20.9 Å². The summed E-state index contributed by atoms with van der Waals surface area (Å²) in [5.74, 6) is 2.02. The lowest BCUT2D eigenvalue weighted by atomic mass is 10.1. The zero-order valence-electron chi connectivity index (χ0n) is 15.1. The lowest BCUT2D eigenvalue weighted by Gasteiger charge is -2.09. The summed E-state index contributed by atoms with van der Waals surface area (Å²) in [6.07, 6.45) is 0.465. The Morgan fingerprint density at radius 3 is 2.75 bits per heavy atom. The molecule has 1 aliphatic heterocycles. The molecule has 28 heavy (non-hydrogen) atoms. The zero-order valence-corrected chi connectivity index (χ0v) is 15.1. The first kappa shape index (κ1) is 17.5. The standard InChI is InChI=1S/C19H18N6O3/c1-10(26)22-12-3-4-14-13(8-12)18(25-19(20)21)24-17(23-14)7-11-2-5-15-16(6-11)28-9-27-15/h2-6,8H,7,9H2,1H3,(H,22,26)(H4,20,21,23,24,25). The zero-order chi connectivity index (χ0) is 19.7. The molecule has 5 N–H and O–H groups in total. The molecule has 0 fully saturated rings. The molecule has 4 rings (SSSR count). The van der Waals surface area contributed by atoms with E-state index in [0.717, 1.165) is 11.3 Å². The second-order valence-electron chi connectivity index (χ2n) is 6.28. The summed E-state index contributed by atoms with van der Waals surface area (Å²) >= 11 is 0. The third-order valence-electron chi connectivity index (χ3n) is 4.08. The number of nitrogens with two attached hydrogens (primary N) is 2. The molecule has 0 atom stereocenters. The van der Waals surface area contributed by atoms with Crippen molar-refractivity contribution in [3.8, 4) is 11.5 Å². The first-order valence-electron chi connectivity index (χ1n) is 8.54. The van der Waals surface area contributed by atoms with Crippen LogP contribution < -0.4 is 26.3 Å². The number of amides is 1. The molecule has 0 saturated heterocycles. The van der Waals surface area contributed by atoms with Crippen LogP contribution in [0.15, 0.2) is 41.4 Å². The van der Waals surface area contributed by atoms with Crippen LogP contribution in [-0.4, -0.2) is 28.6 Å². The van der Waals surface area contributed by atoms with Gasteiger partial charge in [-0.15, -0.1) is 0 Å². The summed E-state index contributed by atoms with van der Waals surface area (Å²) in [5.41, 5.74) is 13.4. The molecule has 0 unspecified atom stereocenters. The number of nitrogens with one attached hydrogen (secondary N) is 1. The van der Waals surface area contributed by atoms with E-state index in [2.05, 4.69) is 20.3 Å². The number of benzene rings is 2. The van der Waals surface area contributed by atoms with Gasteiger partial charge in [-0.2, -0.15) is 4.99 Å². The number of carbonyl (C=O) groups excluding carboxylic acids is 1. The summed E-state index contributed by atoms with van der Waals surface area (Å²) in [5, 5.41) is 3.36. The Hall–Kier alpha value is -3.88. The fourth-order valence-corrected chi connectivity index (χ4v) is 2.96. The highest BCUT2D eigenvalue weighted by Gasteiger charge is 2.15. The highest BCUT2D eigenvalue weighted by molar-refractivity contribution is 5.96. The number of carbonyl (C=O) groups is 1. The Bertz CT molecular complexity index is 1110. The lowest BCUT2D eigenvalue weighted by molar-refractivity contribution is -0.114. The quantitative estimate of drug-likeness (QED) is 0.465. The molecule has 1 aromatic heterocycles. The number of hydrogen-bond donors (Lipinski definition) is 3. The summed E-state index contributed by atoms with van der Waals surface area (Å²) in [6, 6.07) is 11.0. The Morgan fingerprint density at radius 2 is 1.96 bits per heavy atom. The molecule has 9 nitrogen and oxygen atoms in total. The molecule has 1 amide bonds. The number of nitrogens with zero attached hydrogens (tertiary/aromatic N) is 3. The number of rotatable bonds is 4. The van der Waals surface area contributed by atoms with Crippen molar-refractivity contribution >= 4 is 34.3 Å². The van der Waals surface area contributed by atoms with Gasteiger partial charge in [0.2, 0.25) is 12.7 Å². The van der Waals surface area contributed by atoms with Crippen molar-refractivity contribution in [2.45, 2.75) is 13.3 Å². The molecule has 3 aromatic rings. The SMILES string of the molecule is CC(=O)Nc1ccc2nc(Cc3ccc4c(c3)OCO4)nc(N=C(N)N)c2c1. The minimum atomic E-state index is -0.178. The number of aliphatic imine (C=N–C) groups is 1. The number of aromatic nitrogens is 2. The maximum absolute atomic E-state index is 11.3. The van der Waals surface area contributed by atoms with Crippen LogP contribution in [-0.2, 0) is 11.2 Å².